The van der Waals surface area contributed by atoms with Crippen LogP contribution >= 0.6 is 11.6 Å². The SMILES string of the molecule is NCC1CCN(S(=O)(=O)c2cc(Cl)ccc2OCC(N)=O)C1. The van der Waals surface area contributed by atoms with Crippen LogP contribution in [0, 0.1) is 5.92 Å². The third kappa shape index (κ3) is 3.70. The van der Waals surface area contributed by atoms with Crippen LogP contribution in [0.4, 0.5) is 0 Å². The van der Waals surface area contributed by atoms with Crippen LogP contribution in [-0.2, 0) is 14.8 Å². The molecule has 0 saturated carbocycles. The Balaban J connectivity index is 2.33. The van der Waals surface area contributed by atoms with Gasteiger partial charge in [0.15, 0.2) is 6.61 Å². The zero-order valence-corrected chi connectivity index (χ0v) is 13.4. The molecule has 0 spiro atoms. The zero-order valence-electron chi connectivity index (χ0n) is 11.9. The predicted octanol–water partition coefficient (Wildman–Crippen LogP) is 0.173. The molecule has 122 valence electrons. The fourth-order valence-electron chi connectivity index (χ4n) is 2.30. The molecule has 7 nitrogen and oxygen atoms in total. The van der Waals surface area contributed by atoms with Crippen molar-refractivity contribution in [1.82, 2.24) is 4.31 Å². The molecule has 0 bridgehead atoms. The maximum absolute atomic E-state index is 12.7. The molecule has 1 unspecified atom stereocenters. The summed E-state index contributed by atoms with van der Waals surface area (Å²) in [6, 6.07) is 4.21. The van der Waals surface area contributed by atoms with Gasteiger partial charge in [-0.25, -0.2) is 8.42 Å². The largest absolute Gasteiger partial charge is 0.482 e. The predicted molar refractivity (Wildman–Crippen MR) is 82.1 cm³/mol. The lowest BCUT2D eigenvalue weighted by Gasteiger charge is -2.19. The highest BCUT2D eigenvalue weighted by atomic mass is 35.5. The number of sulfonamides is 1. The fourth-order valence-corrected chi connectivity index (χ4v) is 4.22. The van der Waals surface area contributed by atoms with E-state index >= 15 is 0 Å². The molecule has 0 radical (unpaired) electrons. The van der Waals surface area contributed by atoms with Crippen molar-refractivity contribution in [2.75, 3.05) is 26.2 Å². The Morgan fingerprint density at radius 1 is 1.45 bits per heavy atom. The molecule has 1 heterocycles. The summed E-state index contributed by atoms with van der Waals surface area (Å²) in [7, 11) is -3.77. The lowest BCUT2D eigenvalue weighted by molar-refractivity contribution is -0.120. The molecule has 2 rings (SSSR count). The molecule has 0 aliphatic carbocycles. The van der Waals surface area contributed by atoms with Crippen molar-refractivity contribution in [2.45, 2.75) is 11.3 Å². The standard InChI is InChI=1S/C13H18ClN3O4S/c14-10-1-2-11(21-8-13(16)18)12(5-10)22(19,20)17-4-3-9(6-15)7-17/h1-2,5,9H,3-4,6-8,15H2,(H2,16,18). The van der Waals surface area contributed by atoms with E-state index in [4.69, 9.17) is 27.8 Å². The maximum atomic E-state index is 12.7. The highest BCUT2D eigenvalue weighted by Gasteiger charge is 2.34. The minimum absolute atomic E-state index is 0.0550. The van der Waals surface area contributed by atoms with Gasteiger partial charge in [0.2, 0.25) is 10.0 Å². The van der Waals surface area contributed by atoms with Crippen molar-refractivity contribution in [3.63, 3.8) is 0 Å². The Labute approximate surface area is 134 Å². The number of hydrogen-bond donors (Lipinski definition) is 2. The number of carbonyl (C=O) groups is 1. The monoisotopic (exact) mass is 347 g/mol. The second-order valence-electron chi connectivity index (χ2n) is 5.10. The Kier molecular flexibility index (Phi) is 5.28. The van der Waals surface area contributed by atoms with Crippen molar-refractivity contribution in [3.8, 4) is 5.75 Å². The van der Waals surface area contributed by atoms with E-state index in [1.54, 1.807) is 0 Å². The summed E-state index contributed by atoms with van der Waals surface area (Å²) in [6.45, 7) is 0.786. The Morgan fingerprint density at radius 2 is 2.18 bits per heavy atom. The molecule has 1 aliphatic heterocycles. The summed E-state index contributed by atoms with van der Waals surface area (Å²) in [5, 5.41) is 0.263. The topological polar surface area (TPSA) is 116 Å². The summed E-state index contributed by atoms with van der Waals surface area (Å²) >= 11 is 5.90. The van der Waals surface area contributed by atoms with Gasteiger partial charge in [0.25, 0.3) is 5.91 Å². The van der Waals surface area contributed by atoms with Gasteiger partial charge in [0, 0.05) is 18.1 Å². The van der Waals surface area contributed by atoms with E-state index in [1.165, 1.54) is 22.5 Å². The molecule has 1 amide bonds. The lowest BCUT2D eigenvalue weighted by Crippen LogP contribution is -2.30. The van der Waals surface area contributed by atoms with E-state index in [-0.39, 0.29) is 21.6 Å². The first-order valence-corrected chi connectivity index (χ1v) is 8.57. The molecule has 1 atom stereocenters. The molecule has 1 aliphatic rings. The van der Waals surface area contributed by atoms with Crippen LogP contribution in [-0.4, -0.2) is 44.9 Å². The van der Waals surface area contributed by atoms with Crippen LogP contribution in [0.3, 0.4) is 0 Å². The van der Waals surface area contributed by atoms with Gasteiger partial charge >= 0.3 is 0 Å². The van der Waals surface area contributed by atoms with Crippen molar-refractivity contribution >= 4 is 27.5 Å². The second kappa shape index (κ2) is 6.82. The second-order valence-corrected chi connectivity index (χ2v) is 7.44. The minimum atomic E-state index is -3.77. The van der Waals surface area contributed by atoms with E-state index in [2.05, 4.69) is 0 Å². The quantitative estimate of drug-likeness (QED) is 0.761. The summed E-state index contributed by atoms with van der Waals surface area (Å²) in [6.07, 6.45) is 0.716. The van der Waals surface area contributed by atoms with Crippen LogP contribution in [0.2, 0.25) is 5.02 Å². The highest BCUT2D eigenvalue weighted by molar-refractivity contribution is 7.89. The van der Waals surface area contributed by atoms with Gasteiger partial charge < -0.3 is 16.2 Å². The number of halogens is 1. The molecule has 0 aromatic heterocycles. The molecular formula is C13H18ClN3O4S. The minimum Gasteiger partial charge on any atom is -0.482 e. The Bertz CT molecular complexity index is 665. The van der Waals surface area contributed by atoms with Gasteiger partial charge in [-0.15, -0.1) is 0 Å². The number of rotatable bonds is 6. The van der Waals surface area contributed by atoms with Gasteiger partial charge in [-0.1, -0.05) is 11.6 Å². The highest BCUT2D eigenvalue weighted by Crippen LogP contribution is 2.32. The van der Waals surface area contributed by atoms with Crippen molar-refractivity contribution < 1.29 is 17.9 Å². The average Bonchev–Trinajstić information content (AvgIpc) is 2.95. The van der Waals surface area contributed by atoms with E-state index in [0.717, 1.165) is 0 Å². The molecule has 1 aromatic carbocycles. The van der Waals surface area contributed by atoms with Gasteiger partial charge in [-0.3, -0.25) is 4.79 Å². The average molecular weight is 348 g/mol. The molecule has 4 N–H and O–H groups in total. The first-order chi connectivity index (χ1) is 10.3. The molecular weight excluding hydrogens is 330 g/mol. The van der Waals surface area contributed by atoms with E-state index in [0.29, 0.717) is 26.1 Å². The summed E-state index contributed by atoms with van der Waals surface area (Å²) in [4.78, 5) is 10.8. The smallest absolute Gasteiger partial charge is 0.255 e. The number of amides is 1. The van der Waals surface area contributed by atoms with Gasteiger partial charge in [-0.2, -0.15) is 4.31 Å². The third-order valence-corrected chi connectivity index (χ3v) is 5.60. The number of nitrogens with zero attached hydrogens (tertiary/aromatic N) is 1. The van der Waals surface area contributed by atoms with Crippen molar-refractivity contribution in [1.29, 1.82) is 0 Å². The van der Waals surface area contributed by atoms with E-state index in [1.807, 2.05) is 0 Å². The fraction of sp³-hybridized carbons (Fsp3) is 0.462. The van der Waals surface area contributed by atoms with Gasteiger partial charge in [-0.05, 0) is 37.1 Å². The van der Waals surface area contributed by atoms with Gasteiger partial charge in [0.05, 0.1) is 0 Å². The van der Waals surface area contributed by atoms with Crippen LogP contribution in [0.25, 0.3) is 0 Å². The number of ether oxygens (including phenoxy) is 1. The maximum Gasteiger partial charge on any atom is 0.255 e. The number of benzene rings is 1. The summed E-state index contributed by atoms with van der Waals surface area (Å²) in [5.74, 6) is -0.494. The van der Waals surface area contributed by atoms with Crippen LogP contribution in [0.1, 0.15) is 6.42 Å². The van der Waals surface area contributed by atoms with E-state index in [9.17, 15) is 13.2 Å². The first-order valence-electron chi connectivity index (χ1n) is 6.75. The zero-order chi connectivity index (χ0) is 16.3. The lowest BCUT2D eigenvalue weighted by atomic mass is 10.1. The summed E-state index contributed by atoms with van der Waals surface area (Å²) in [5.41, 5.74) is 10.6. The molecule has 1 saturated heterocycles. The van der Waals surface area contributed by atoms with Crippen LogP contribution in [0.5, 0.6) is 5.75 Å². The summed E-state index contributed by atoms with van der Waals surface area (Å²) < 4.78 is 32.0. The van der Waals surface area contributed by atoms with Crippen molar-refractivity contribution in [3.05, 3.63) is 23.2 Å². The number of primary amides is 1. The normalized spacial score (nSPS) is 19.3. The molecule has 22 heavy (non-hydrogen) atoms. The van der Waals surface area contributed by atoms with Crippen LogP contribution in [0.15, 0.2) is 23.1 Å². The van der Waals surface area contributed by atoms with Crippen LogP contribution < -0.4 is 16.2 Å². The number of carbonyl (C=O) groups excluding carboxylic acids is 1. The van der Waals surface area contributed by atoms with E-state index < -0.39 is 22.5 Å². The van der Waals surface area contributed by atoms with Gasteiger partial charge in [0.1, 0.15) is 10.6 Å². The molecule has 9 heteroatoms. The molecule has 1 fully saturated rings. The number of hydrogen-bond acceptors (Lipinski definition) is 5. The third-order valence-electron chi connectivity index (χ3n) is 3.48. The molecule has 1 aromatic rings. The number of nitrogens with two attached hydrogens (primary N) is 2. The van der Waals surface area contributed by atoms with Crippen molar-refractivity contribution in [2.24, 2.45) is 17.4 Å². The Hall–Kier alpha value is -1.35. The first kappa shape index (κ1) is 17.0. The Morgan fingerprint density at radius 3 is 2.77 bits per heavy atom.